The Hall–Kier alpha value is -1.72. The summed E-state index contributed by atoms with van der Waals surface area (Å²) in [6, 6.07) is 10.2. The van der Waals surface area contributed by atoms with E-state index in [1.165, 1.54) is 0 Å². The lowest BCUT2D eigenvalue weighted by Crippen LogP contribution is -2.57. The van der Waals surface area contributed by atoms with Crippen LogP contribution in [0.1, 0.15) is 32.9 Å². The fourth-order valence-corrected chi connectivity index (χ4v) is 3.79. The van der Waals surface area contributed by atoms with Crippen LogP contribution in [0.4, 0.5) is 0 Å². The zero-order valence-corrected chi connectivity index (χ0v) is 15.3. The minimum absolute atomic E-state index is 0.103. The van der Waals surface area contributed by atoms with Gasteiger partial charge >= 0.3 is 0 Å². The molecule has 2 heterocycles. The van der Waals surface area contributed by atoms with Crippen LogP contribution in [0.3, 0.4) is 0 Å². The molecule has 0 aliphatic carbocycles. The predicted molar refractivity (Wildman–Crippen MR) is 97.1 cm³/mol. The largest absolute Gasteiger partial charge is 0.374 e. The van der Waals surface area contributed by atoms with Crippen LogP contribution in [-0.2, 0) is 16.0 Å². The van der Waals surface area contributed by atoms with Gasteiger partial charge in [0.25, 0.3) is 0 Å². The molecule has 4 nitrogen and oxygen atoms in total. The summed E-state index contributed by atoms with van der Waals surface area (Å²) in [6.07, 6.45) is 1.28. The van der Waals surface area contributed by atoms with Gasteiger partial charge in [-0.05, 0) is 27.2 Å². The highest BCUT2D eigenvalue weighted by molar-refractivity contribution is 7.13. The molecule has 5 heteroatoms. The van der Waals surface area contributed by atoms with Crippen molar-refractivity contribution in [2.24, 2.45) is 0 Å². The molecule has 0 saturated carbocycles. The van der Waals surface area contributed by atoms with Gasteiger partial charge in [-0.25, -0.2) is 4.98 Å². The summed E-state index contributed by atoms with van der Waals surface area (Å²) in [6.45, 7) is 7.40. The van der Waals surface area contributed by atoms with Crippen molar-refractivity contribution in [2.45, 2.75) is 45.3 Å². The van der Waals surface area contributed by atoms with Crippen molar-refractivity contribution in [3.8, 4) is 10.6 Å². The van der Waals surface area contributed by atoms with Crippen molar-refractivity contribution in [3.63, 3.8) is 0 Å². The monoisotopic (exact) mass is 344 g/mol. The molecule has 1 unspecified atom stereocenters. The van der Waals surface area contributed by atoms with Gasteiger partial charge in [-0.3, -0.25) is 4.79 Å². The average molecular weight is 344 g/mol. The van der Waals surface area contributed by atoms with E-state index in [2.05, 4.69) is 36.3 Å². The number of aryl methyl sites for hydroxylation is 1. The highest BCUT2D eigenvalue weighted by atomic mass is 32.1. The van der Waals surface area contributed by atoms with Crippen molar-refractivity contribution >= 4 is 17.2 Å². The zero-order chi connectivity index (χ0) is 17.2. The van der Waals surface area contributed by atoms with Crippen molar-refractivity contribution in [1.29, 1.82) is 0 Å². The van der Waals surface area contributed by atoms with Crippen LogP contribution in [0.5, 0.6) is 0 Å². The molecule has 128 valence electrons. The summed E-state index contributed by atoms with van der Waals surface area (Å²) >= 11 is 1.63. The van der Waals surface area contributed by atoms with E-state index in [0.29, 0.717) is 26.0 Å². The predicted octanol–water partition coefficient (Wildman–Crippen LogP) is 3.77. The lowest BCUT2D eigenvalue weighted by Gasteiger charge is -2.44. The van der Waals surface area contributed by atoms with Crippen LogP contribution in [0, 0.1) is 0 Å². The average Bonchev–Trinajstić information content (AvgIpc) is 3.05. The Morgan fingerprint density at radius 1 is 1.38 bits per heavy atom. The molecule has 1 amide bonds. The van der Waals surface area contributed by atoms with E-state index >= 15 is 0 Å². The van der Waals surface area contributed by atoms with Gasteiger partial charge in [-0.2, -0.15) is 0 Å². The standard InChI is InChI=1S/C19H24N2O2S/c1-14-11-21(19(2,3)13-23-14)17(22)10-9-16-12-24-18(20-16)15-7-5-4-6-8-15/h4-8,12,14H,9-11,13H2,1-3H3. The molecule has 0 radical (unpaired) electrons. The Bertz CT molecular complexity index is 696. The summed E-state index contributed by atoms with van der Waals surface area (Å²) in [5, 5.41) is 3.07. The number of morpholine rings is 1. The van der Waals surface area contributed by atoms with Gasteiger partial charge in [0.1, 0.15) is 5.01 Å². The molecule has 3 rings (SSSR count). The lowest BCUT2D eigenvalue weighted by atomic mass is 10.00. The number of ether oxygens (including phenoxy) is 1. The summed E-state index contributed by atoms with van der Waals surface area (Å²) in [5.41, 5.74) is 1.88. The number of carbonyl (C=O) groups is 1. The fraction of sp³-hybridized carbons (Fsp3) is 0.474. The Morgan fingerprint density at radius 2 is 2.12 bits per heavy atom. The Kier molecular flexibility index (Phi) is 5.01. The van der Waals surface area contributed by atoms with Crippen molar-refractivity contribution < 1.29 is 9.53 Å². The molecule has 1 aliphatic rings. The maximum Gasteiger partial charge on any atom is 0.223 e. The molecule has 2 aromatic rings. The Labute approximate surface area is 147 Å². The van der Waals surface area contributed by atoms with Crippen LogP contribution >= 0.6 is 11.3 Å². The second-order valence-corrected chi connectivity index (χ2v) is 7.81. The van der Waals surface area contributed by atoms with Crippen LogP contribution in [0.25, 0.3) is 10.6 Å². The molecule has 1 aromatic heterocycles. The van der Waals surface area contributed by atoms with Gasteiger partial charge in [-0.15, -0.1) is 11.3 Å². The van der Waals surface area contributed by atoms with Gasteiger partial charge < -0.3 is 9.64 Å². The third kappa shape index (κ3) is 3.84. The number of benzene rings is 1. The van der Waals surface area contributed by atoms with Gasteiger partial charge in [0.15, 0.2) is 0 Å². The number of nitrogens with zero attached hydrogens (tertiary/aromatic N) is 2. The first kappa shape index (κ1) is 17.1. The number of thiazole rings is 1. The number of amides is 1. The van der Waals surface area contributed by atoms with Gasteiger partial charge in [-0.1, -0.05) is 30.3 Å². The normalized spacial score (nSPS) is 20.1. The Balaban J connectivity index is 1.61. The second-order valence-electron chi connectivity index (χ2n) is 6.95. The molecule has 0 N–H and O–H groups in total. The number of rotatable bonds is 4. The smallest absolute Gasteiger partial charge is 0.223 e. The van der Waals surface area contributed by atoms with Crippen molar-refractivity contribution in [2.75, 3.05) is 13.2 Å². The highest BCUT2D eigenvalue weighted by Gasteiger charge is 2.36. The molecule has 24 heavy (non-hydrogen) atoms. The number of carbonyl (C=O) groups excluding carboxylic acids is 1. The summed E-state index contributed by atoms with van der Waals surface area (Å²) in [4.78, 5) is 19.3. The second kappa shape index (κ2) is 7.03. The van der Waals surface area contributed by atoms with E-state index < -0.39 is 0 Å². The topological polar surface area (TPSA) is 42.4 Å². The molecule has 0 spiro atoms. The molecule has 1 fully saturated rings. The van der Waals surface area contributed by atoms with Crippen molar-refractivity contribution in [3.05, 3.63) is 41.4 Å². The first-order valence-electron chi connectivity index (χ1n) is 8.37. The lowest BCUT2D eigenvalue weighted by molar-refractivity contribution is -0.152. The molecule has 1 saturated heterocycles. The number of aromatic nitrogens is 1. The van der Waals surface area contributed by atoms with E-state index in [1.54, 1.807) is 11.3 Å². The van der Waals surface area contributed by atoms with E-state index in [4.69, 9.17) is 4.74 Å². The Morgan fingerprint density at radius 3 is 2.88 bits per heavy atom. The van der Waals surface area contributed by atoms with Crippen LogP contribution in [0.2, 0.25) is 0 Å². The third-order valence-electron chi connectivity index (χ3n) is 4.36. The molecule has 0 bridgehead atoms. The highest BCUT2D eigenvalue weighted by Crippen LogP contribution is 2.25. The van der Waals surface area contributed by atoms with Crippen LogP contribution in [0.15, 0.2) is 35.7 Å². The minimum atomic E-state index is -0.235. The van der Waals surface area contributed by atoms with Crippen molar-refractivity contribution in [1.82, 2.24) is 9.88 Å². The van der Waals surface area contributed by atoms with Gasteiger partial charge in [0.2, 0.25) is 5.91 Å². The summed E-state index contributed by atoms with van der Waals surface area (Å²) < 4.78 is 5.68. The number of hydrogen-bond acceptors (Lipinski definition) is 4. The zero-order valence-electron chi connectivity index (χ0n) is 14.5. The third-order valence-corrected chi connectivity index (χ3v) is 5.30. The van der Waals surface area contributed by atoms with E-state index in [0.717, 1.165) is 16.3 Å². The molecular formula is C19H24N2O2S. The number of hydrogen-bond donors (Lipinski definition) is 0. The van der Waals surface area contributed by atoms with Crippen LogP contribution < -0.4 is 0 Å². The van der Waals surface area contributed by atoms with Gasteiger partial charge in [0, 0.05) is 23.9 Å². The van der Waals surface area contributed by atoms with Crippen LogP contribution in [-0.4, -0.2) is 40.6 Å². The molecular weight excluding hydrogens is 320 g/mol. The summed E-state index contributed by atoms with van der Waals surface area (Å²) in [7, 11) is 0. The van der Waals surface area contributed by atoms with E-state index in [-0.39, 0.29) is 17.6 Å². The first-order valence-corrected chi connectivity index (χ1v) is 9.25. The maximum absolute atomic E-state index is 12.7. The summed E-state index contributed by atoms with van der Waals surface area (Å²) in [5.74, 6) is 0.185. The molecule has 1 atom stereocenters. The fourth-order valence-electron chi connectivity index (χ4n) is 2.93. The maximum atomic E-state index is 12.7. The SMILES string of the molecule is CC1CN(C(=O)CCc2csc(-c3ccccc3)n2)C(C)(C)CO1. The van der Waals surface area contributed by atoms with Gasteiger partial charge in [0.05, 0.1) is 23.9 Å². The van der Waals surface area contributed by atoms with E-state index in [9.17, 15) is 4.79 Å². The van der Waals surface area contributed by atoms with E-state index in [1.807, 2.05) is 30.0 Å². The molecule has 1 aliphatic heterocycles. The first-order chi connectivity index (χ1) is 11.5. The minimum Gasteiger partial charge on any atom is -0.374 e. The molecule has 1 aromatic carbocycles. The quantitative estimate of drug-likeness (QED) is 0.848.